The number of nitrogens with two attached hydrogens (primary N) is 2. The molecule has 1 fully saturated rings. The molecule has 22 heavy (non-hydrogen) atoms. The Labute approximate surface area is 129 Å². The van der Waals surface area contributed by atoms with Gasteiger partial charge in [-0.15, -0.1) is 0 Å². The fourth-order valence-corrected chi connectivity index (χ4v) is 3.31. The van der Waals surface area contributed by atoms with Gasteiger partial charge >= 0.3 is 0 Å². The minimum absolute atomic E-state index is 0.159. The van der Waals surface area contributed by atoms with Crippen LogP contribution in [0.4, 0.5) is 5.95 Å². The lowest BCUT2D eigenvalue weighted by molar-refractivity contribution is 0.0947. The maximum atomic E-state index is 6.06. The standard InChI is InChI=1S/C17H20N4O/c18-11-8-12(9-11)22-16-14-7-3-5-10-4-1-2-6-13(10)15(14)20-17(19)21-16/h1-2,4,6,11-12H,3,5,7-9,18H2,(H2,19,20,21)/t11-,12+. The van der Waals surface area contributed by atoms with Gasteiger partial charge in [-0.3, -0.25) is 0 Å². The first-order valence-electron chi connectivity index (χ1n) is 7.87. The molecule has 1 saturated carbocycles. The van der Waals surface area contributed by atoms with E-state index in [1.54, 1.807) is 0 Å². The number of aryl methyl sites for hydroxylation is 1. The van der Waals surface area contributed by atoms with Crippen LogP contribution in [0.5, 0.6) is 5.88 Å². The van der Waals surface area contributed by atoms with Crippen LogP contribution in [0.3, 0.4) is 0 Å². The molecular weight excluding hydrogens is 276 g/mol. The maximum absolute atomic E-state index is 6.06. The topological polar surface area (TPSA) is 87.0 Å². The van der Waals surface area contributed by atoms with Gasteiger partial charge in [0, 0.05) is 17.2 Å². The highest BCUT2D eigenvalue weighted by atomic mass is 16.5. The van der Waals surface area contributed by atoms with Crippen LogP contribution in [0.15, 0.2) is 24.3 Å². The Balaban J connectivity index is 1.78. The van der Waals surface area contributed by atoms with Crippen LogP contribution >= 0.6 is 0 Å². The lowest BCUT2D eigenvalue weighted by Crippen LogP contribution is -2.43. The van der Waals surface area contributed by atoms with E-state index in [-0.39, 0.29) is 18.1 Å². The van der Waals surface area contributed by atoms with Crippen molar-refractivity contribution in [3.05, 3.63) is 35.4 Å². The van der Waals surface area contributed by atoms with Crippen molar-refractivity contribution in [1.29, 1.82) is 0 Å². The second-order valence-electron chi connectivity index (χ2n) is 6.20. The highest BCUT2D eigenvalue weighted by Crippen LogP contribution is 2.36. The summed E-state index contributed by atoms with van der Waals surface area (Å²) in [5.74, 6) is 0.921. The number of nitrogen functional groups attached to an aromatic ring is 1. The number of anilines is 1. The van der Waals surface area contributed by atoms with E-state index in [2.05, 4.69) is 28.2 Å². The van der Waals surface area contributed by atoms with Gasteiger partial charge in [-0.1, -0.05) is 24.3 Å². The summed E-state index contributed by atoms with van der Waals surface area (Å²) in [5, 5.41) is 0. The summed E-state index contributed by atoms with van der Waals surface area (Å²) in [6, 6.07) is 8.63. The molecule has 0 unspecified atom stereocenters. The molecule has 0 amide bonds. The Morgan fingerprint density at radius 2 is 1.91 bits per heavy atom. The Kier molecular flexibility index (Phi) is 3.22. The van der Waals surface area contributed by atoms with Gasteiger partial charge in [-0.25, -0.2) is 4.98 Å². The van der Waals surface area contributed by atoms with Crippen molar-refractivity contribution in [2.24, 2.45) is 5.73 Å². The molecule has 114 valence electrons. The summed E-state index contributed by atoms with van der Waals surface area (Å²) in [4.78, 5) is 8.86. The molecule has 1 heterocycles. The molecule has 4 rings (SSSR count). The summed E-state index contributed by atoms with van der Waals surface area (Å²) in [7, 11) is 0. The van der Waals surface area contributed by atoms with E-state index in [1.807, 2.05) is 6.07 Å². The van der Waals surface area contributed by atoms with E-state index < -0.39 is 0 Å². The number of rotatable bonds is 2. The van der Waals surface area contributed by atoms with Crippen molar-refractivity contribution in [3.63, 3.8) is 0 Å². The third-order valence-electron chi connectivity index (χ3n) is 4.54. The van der Waals surface area contributed by atoms with Gasteiger partial charge in [0.25, 0.3) is 0 Å². The largest absolute Gasteiger partial charge is 0.474 e. The summed E-state index contributed by atoms with van der Waals surface area (Å²) in [5.41, 5.74) is 16.2. The summed E-state index contributed by atoms with van der Waals surface area (Å²) in [6.07, 6.45) is 4.95. The van der Waals surface area contributed by atoms with Gasteiger partial charge in [-0.2, -0.15) is 4.98 Å². The third kappa shape index (κ3) is 2.31. The fourth-order valence-electron chi connectivity index (χ4n) is 3.31. The number of benzene rings is 1. The van der Waals surface area contributed by atoms with Crippen LogP contribution in [-0.2, 0) is 12.8 Å². The van der Waals surface area contributed by atoms with Crippen molar-refractivity contribution in [3.8, 4) is 17.1 Å². The number of aromatic nitrogens is 2. The number of fused-ring (bicyclic) bond motifs is 3. The Morgan fingerprint density at radius 3 is 2.73 bits per heavy atom. The Morgan fingerprint density at radius 1 is 1.09 bits per heavy atom. The molecule has 4 N–H and O–H groups in total. The molecule has 0 aliphatic heterocycles. The predicted molar refractivity (Wildman–Crippen MR) is 85.5 cm³/mol. The molecule has 0 bridgehead atoms. The highest BCUT2D eigenvalue weighted by Gasteiger charge is 2.30. The molecular formula is C17H20N4O. The Hall–Kier alpha value is -2.14. The molecule has 2 aliphatic carbocycles. The van der Waals surface area contributed by atoms with Crippen LogP contribution in [0.2, 0.25) is 0 Å². The summed E-state index contributed by atoms with van der Waals surface area (Å²) < 4.78 is 6.06. The SMILES string of the molecule is Nc1nc(O[C@H]2C[C@@H](N)C2)c2c(n1)-c1ccccc1CCC2. The van der Waals surface area contributed by atoms with Gasteiger partial charge < -0.3 is 16.2 Å². The average Bonchev–Trinajstić information content (AvgIpc) is 2.65. The maximum Gasteiger partial charge on any atom is 0.223 e. The van der Waals surface area contributed by atoms with E-state index in [9.17, 15) is 0 Å². The first-order valence-corrected chi connectivity index (χ1v) is 7.87. The van der Waals surface area contributed by atoms with Gasteiger partial charge in [-0.05, 0) is 37.7 Å². The minimum Gasteiger partial charge on any atom is -0.474 e. The van der Waals surface area contributed by atoms with Crippen molar-refractivity contribution >= 4 is 5.95 Å². The third-order valence-corrected chi connectivity index (χ3v) is 4.54. The smallest absolute Gasteiger partial charge is 0.223 e. The van der Waals surface area contributed by atoms with Crippen molar-refractivity contribution in [1.82, 2.24) is 9.97 Å². The molecule has 0 spiro atoms. The van der Waals surface area contributed by atoms with Gasteiger partial charge in [0.1, 0.15) is 6.10 Å². The fraction of sp³-hybridized carbons (Fsp3) is 0.412. The number of hydrogen-bond donors (Lipinski definition) is 2. The molecule has 2 aromatic rings. The average molecular weight is 296 g/mol. The van der Waals surface area contributed by atoms with Gasteiger partial charge in [0.05, 0.1) is 5.69 Å². The molecule has 1 aromatic heterocycles. The van der Waals surface area contributed by atoms with Crippen LogP contribution < -0.4 is 16.2 Å². The van der Waals surface area contributed by atoms with Crippen LogP contribution in [0.25, 0.3) is 11.3 Å². The van der Waals surface area contributed by atoms with Crippen molar-refractivity contribution < 1.29 is 4.74 Å². The van der Waals surface area contributed by atoms with Crippen LogP contribution in [-0.4, -0.2) is 22.1 Å². The van der Waals surface area contributed by atoms with Gasteiger partial charge in [0.15, 0.2) is 0 Å². The molecule has 0 atom stereocenters. The summed E-state index contributed by atoms with van der Waals surface area (Å²) in [6.45, 7) is 0. The first kappa shape index (κ1) is 13.5. The highest BCUT2D eigenvalue weighted by molar-refractivity contribution is 5.70. The minimum atomic E-state index is 0.159. The van der Waals surface area contributed by atoms with Crippen LogP contribution in [0, 0.1) is 0 Å². The van der Waals surface area contributed by atoms with E-state index in [4.69, 9.17) is 16.2 Å². The van der Waals surface area contributed by atoms with E-state index in [0.29, 0.717) is 5.88 Å². The van der Waals surface area contributed by atoms with E-state index in [1.165, 1.54) is 5.56 Å². The quantitative estimate of drug-likeness (QED) is 0.886. The molecule has 0 saturated heterocycles. The number of ether oxygens (including phenoxy) is 1. The van der Waals surface area contributed by atoms with Crippen molar-refractivity contribution in [2.45, 2.75) is 44.2 Å². The van der Waals surface area contributed by atoms with Crippen molar-refractivity contribution in [2.75, 3.05) is 5.73 Å². The second kappa shape index (κ2) is 5.25. The summed E-state index contributed by atoms with van der Waals surface area (Å²) >= 11 is 0. The molecule has 5 nitrogen and oxygen atoms in total. The number of hydrogen-bond acceptors (Lipinski definition) is 5. The van der Waals surface area contributed by atoms with E-state index in [0.717, 1.165) is 48.9 Å². The molecule has 0 radical (unpaired) electrons. The normalized spacial score (nSPS) is 23.0. The monoisotopic (exact) mass is 296 g/mol. The number of nitrogens with zero attached hydrogens (tertiary/aromatic N) is 2. The van der Waals surface area contributed by atoms with Gasteiger partial charge in [0.2, 0.25) is 11.8 Å². The zero-order valence-electron chi connectivity index (χ0n) is 12.5. The van der Waals surface area contributed by atoms with E-state index >= 15 is 0 Å². The molecule has 5 heteroatoms. The lowest BCUT2D eigenvalue weighted by Gasteiger charge is -2.32. The lowest BCUT2D eigenvalue weighted by atomic mass is 9.90. The second-order valence-corrected chi connectivity index (χ2v) is 6.20. The zero-order valence-corrected chi connectivity index (χ0v) is 12.5. The molecule has 1 aromatic carbocycles. The first-order chi connectivity index (χ1) is 10.7. The molecule has 2 aliphatic rings. The zero-order chi connectivity index (χ0) is 15.1. The van der Waals surface area contributed by atoms with Crippen LogP contribution in [0.1, 0.15) is 30.4 Å². The Bertz CT molecular complexity index is 710. The predicted octanol–water partition coefficient (Wildman–Crippen LogP) is 2.08.